The minimum atomic E-state index is -0.653. The van der Waals surface area contributed by atoms with Crippen LogP contribution >= 0.6 is 0 Å². The fourth-order valence-corrected chi connectivity index (χ4v) is 5.72. The summed E-state index contributed by atoms with van der Waals surface area (Å²) < 4.78 is 0. The highest BCUT2D eigenvalue weighted by Gasteiger charge is 1.99. The standard InChI is InChI=1S/C20H43N.C18H36O2/c1-4-7-8-9-10-11-12-13-14-15-16-17-18-19-20-21(5-2)6-3;1-2-3-4-5-6-7-8-9-10-11-12-13-14-15-16-17-18(19)20/h4-20H2,1-3H3;2-17H2,1H3,(H,19,20). The Bertz CT molecular complexity index is 463. The van der Waals surface area contributed by atoms with E-state index in [0.29, 0.717) is 6.42 Å². The zero-order valence-electron chi connectivity index (χ0n) is 29.1. The molecular weight excluding hydrogens is 502 g/mol. The van der Waals surface area contributed by atoms with Crippen LogP contribution in [0.25, 0.3) is 0 Å². The summed E-state index contributed by atoms with van der Waals surface area (Å²) in [7, 11) is 0. The number of hydrogen-bond acceptors (Lipinski definition) is 2. The second-order valence-electron chi connectivity index (χ2n) is 12.7. The first-order valence-electron chi connectivity index (χ1n) is 19.1. The molecular formula is C38H79NO2. The van der Waals surface area contributed by atoms with Crippen molar-refractivity contribution in [2.45, 2.75) is 220 Å². The molecule has 0 aliphatic heterocycles. The largest absolute Gasteiger partial charge is 0.481 e. The molecule has 248 valence electrons. The smallest absolute Gasteiger partial charge is 0.303 e. The lowest BCUT2D eigenvalue weighted by atomic mass is 10.0. The van der Waals surface area contributed by atoms with Crippen molar-refractivity contribution in [3.05, 3.63) is 0 Å². The Morgan fingerprint density at radius 2 is 0.634 bits per heavy atom. The van der Waals surface area contributed by atoms with Gasteiger partial charge in [-0.05, 0) is 32.5 Å². The average molecular weight is 582 g/mol. The van der Waals surface area contributed by atoms with Gasteiger partial charge in [0.15, 0.2) is 0 Å². The summed E-state index contributed by atoms with van der Waals surface area (Å²) in [5.41, 5.74) is 0. The van der Waals surface area contributed by atoms with Crippen LogP contribution in [0.2, 0.25) is 0 Å². The van der Waals surface area contributed by atoms with Gasteiger partial charge in [-0.25, -0.2) is 0 Å². The minimum absolute atomic E-state index is 0.345. The fraction of sp³-hybridized carbons (Fsp3) is 0.974. The van der Waals surface area contributed by atoms with Crippen LogP contribution in [-0.2, 0) is 4.79 Å². The molecule has 0 fully saturated rings. The first kappa shape index (κ1) is 42.6. The van der Waals surface area contributed by atoms with Gasteiger partial charge >= 0.3 is 5.97 Å². The number of hydrogen-bond donors (Lipinski definition) is 1. The number of aliphatic carboxylic acids is 1. The van der Waals surface area contributed by atoms with Gasteiger partial charge in [0.25, 0.3) is 0 Å². The molecule has 3 heteroatoms. The van der Waals surface area contributed by atoms with Gasteiger partial charge in [-0.15, -0.1) is 0 Å². The Hall–Kier alpha value is -0.570. The average Bonchev–Trinajstić information content (AvgIpc) is 2.97. The van der Waals surface area contributed by atoms with Gasteiger partial charge in [-0.2, -0.15) is 0 Å². The summed E-state index contributed by atoms with van der Waals surface area (Å²) in [6.07, 6.45) is 40.6. The van der Waals surface area contributed by atoms with Crippen molar-refractivity contribution in [3.63, 3.8) is 0 Å². The summed E-state index contributed by atoms with van der Waals surface area (Å²) in [6.45, 7) is 12.9. The molecule has 0 heterocycles. The maximum atomic E-state index is 10.3. The van der Waals surface area contributed by atoms with Crippen LogP contribution in [0, 0.1) is 0 Å². The molecule has 0 aromatic rings. The maximum absolute atomic E-state index is 10.3. The van der Waals surface area contributed by atoms with Crippen molar-refractivity contribution in [1.82, 2.24) is 4.90 Å². The van der Waals surface area contributed by atoms with Crippen LogP contribution in [0.1, 0.15) is 220 Å². The summed E-state index contributed by atoms with van der Waals surface area (Å²) in [4.78, 5) is 12.9. The summed E-state index contributed by atoms with van der Waals surface area (Å²) in [5.74, 6) is -0.653. The number of carbonyl (C=O) groups is 1. The predicted molar refractivity (Wildman–Crippen MR) is 185 cm³/mol. The second-order valence-corrected chi connectivity index (χ2v) is 12.7. The number of rotatable bonds is 33. The van der Waals surface area contributed by atoms with Crippen molar-refractivity contribution in [3.8, 4) is 0 Å². The maximum Gasteiger partial charge on any atom is 0.303 e. The topological polar surface area (TPSA) is 40.5 Å². The third-order valence-corrected chi connectivity index (χ3v) is 8.72. The third kappa shape index (κ3) is 41.6. The van der Waals surface area contributed by atoms with E-state index in [1.165, 1.54) is 193 Å². The van der Waals surface area contributed by atoms with Crippen LogP contribution in [0.3, 0.4) is 0 Å². The normalized spacial score (nSPS) is 11.1. The predicted octanol–water partition coefficient (Wildman–Crippen LogP) is 13.1. The lowest BCUT2D eigenvalue weighted by Gasteiger charge is -2.17. The SMILES string of the molecule is CCCCCCCCCCCCCCCCCC(=O)O.CCCCCCCCCCCCCCCCN(CC)CC. The van der Waals surface area contributed by atoms with Crippen LogP contribution in [-0.4, -0.2) is 35.6 Å². The van der Waals surface area contributed by atoms with Crippen molar-refractivity contribution < 1.29 is 9.90 Å². The molecule has 0 spiro atoms. The van der Waals surface area contributed by atoms with E-state index in [9.17, 15) is 4.79 Å². The van der Waals surface area contributed by atoms with Crippen LogP contribution in [0.4, 0.5) is 0 Å². The van der Waals surface area contributed by atoms with Gasteiger partial charge in [0.05, 0.1) is 0 Å². The Morgan fingerprint density at radius 1 is 0.390 bits per heavy atom. The molecule has 0 saturated heterocycles. The molecule has 3 nitrogen and oxygen atoms in total. The van der Waals surface area contributed by atoms with E-state index in [1.54, 1.807) is 0 Å². The van der Waals surface area contributed by atoms with Crippen molar-refractivity contribution in [2.75, 3.05) is 19.6 Å². The van der Waals surface area contributed by atoms with E-state index in [0.717, 1.165) is 12.8 Å². The molecule has 0 aromatic heterocycles. The fourth-order valence-electron chi connectivity index (χ4n) is 5.72. The van der Waals surface area contributed by atoms with Crippen LogP contribution in [0.5, 0.6) is 0 Å². The second kappa shape index (κ2) is 39.4. The molecule has 0 aromatic carbocycles. The molecule has 0 unspecified atom stereocenters. The summed E-state index contributed by atoms with van der Waals surface area (Å²) >= 11 is 0. The molecule has 41 heavy (non-hydrogen) atoms. The Morgan fingerprint density at radius 3 is 0.878 bits per heavy atom. The number of nitrogens with zero attached hydrogens (tertiary/aromatic N) is 1. The van der Waals surface area contributed by atoms with Gasteiger partial charge in [0.1, 0.15) is 0 Å². The lowest BCUT2D eigenvalue weighted by Crippen LogP contribution is -2.23. The van der Waals surface area contributed by atoms with Crippen LogP contribution in [0.15, 0.2) is 0 Å². The quantitative estimate of drug-likeness (QED) is 0.0783. The summed E-state index contributed by atoms with van der Waals surface area (Å²) in [5, 5.41) is 8.52. The molecule has 0 atom stereocenters. The molecule has 0 saturated carbocycles. The molecule has 0 aliphatic carbocycles. The molecule has 1 N–H and O–H groups in total. The summed E-state index contributed by atoms with van der Waals surface area (Å²) in [6, 6.07) is 0. The van der Waals surface area contributed by atoms with E-state index in [4.69, 9.17) is 5.11 Å². The Labute approximate surface area is 260 Å². The van der Waals surface area contributed by atoms with E-state index in [1.807, 2.05) is 0 Å². The molecule has 0 aliphatic rings. The van der Waals surface area contributed by atoms with Gasteiger partial charge in [0.2, 0.25) is 0 Å². The number of carboxylic acids is 1. The Kier molecular flexibility index (Phi) is 40.9. The van der Waals surface area contributed by atoms with E-state index in [-0.39, 0.29) is 0 Å². The van der Waals surface area contributed by atoms with E-state index >= 15 is 0 Å². The van der Waals surface area contributed by atoms with Gasteiger partial charge < -0.3 is 10.0 Å². The Balaban J connectivity index is 0. The lowest BCUT2D eigenvalue weighted by molar-refractivity contribution is -0.137. The molecule has 0 rings (SSSR count). The van der Waals surface area contributed by atoms with Gasteiger partial charge in [-0.3, -0.25) is 4.79 Å². The number of carboxylic acid groups (broad SMARTS) is 1. The third-order valence-electron chi connectivity index (χ3n) is 8.72. The zero-order chi connectivity index (χ0) is 30.5. The highest BCUT2D eigenvalue weighted by molar-refractivity contribution is 5.66. The van der Waals surface area contributed by atoms with Crippen molar-refractivity contribution >= 4 is 5.97 Å². The monoisotopic (exact) mass is 582 g/mol. The molecule has 0 bridgehead atoms. The van der Waals surface area contributed by atoms with Gasteiger partial charge in [0, 0.05) is 6.42 Å². The van der Waals surface area contributed by atoms with Crippen molar-refractivity contribution in [1.29, 1.82) is 0 Å². The number of unbranched alkanes of at least 4 members (excludes halogenated alkanes) is 27. The van der Waals surface area contributed by atoms with E-state index in [2.05, 4.69) is 32.6 Å². The molecule has 0 amide bonds. The first-order valence-corrected chi connectivity index (χ1v) is 19.1. The van der Waals surface area contributed by atoms with E-state index < -0.39 is 5.97 Å². The highest BCUT2D eigenvalue weighted by Crippen LogP contribution is 2.14. The highest BCUT2D eigenvalue weighted by atomic mass is 16.4. The molecule has 0 radical (unpaired) electrons. The zero-order valence-corrected chi connectivity index (χ0v) is 29.1. The minimum Gasteiger partial charge on any atom is -0.481 e. The van der Waals surface area contributed by atoms with Crippen LogP contribution < -0.4 is 0 Å². The van der Waals surface area contributed by atoms with Gasteiger partial charge in [-0.1, -0.05) is 201 Å². The van der Waals surface area contributed by atoms with Crippen molar-refractivity contribution in [2.24, 2.45) is 0 Å². The first-order chi connectivity index (χ1) is 20.1.